The topological polar surface area (TPSA) is 147 Å². The number of aromatic nitrogens is 2. The van der Waals surface area contributed by atoms with Gasteiger partial charge in [-0.05, 0) is 28.7 Å². The van der Waals surface area contributed by atoms with Crippen LogP contribution in [0.4, 0.5) is 17.6 Å². The van der Waals surface area contributed by atoms with Gasteiger partial charge in [0.25, 0.3) is 0 Å². The summed E-state index contributed by atoms with van der Waals surface area (Å²) in [6.45, 7) is 1.72. The Morgan fingerprint density at radius 2 is 1.67 bits per heavy atom. The van der Waals surface area contributed by atoms with E-state index in [4.69, 9.17) is 17.2 Å². The lowest BCUT2D eigenvalue weighted by Crippen LogP contribution is -2.20. The summed E-state index contributed by atoms with van der Waals surface area (Å²) in [6.07, 6.45) is 0.487. The van der Waals surface area contributed by atoms with Gasteiger partial charge in [-0.25, -0.2) is 0 Å². The lowest BCUT2D eigenvalue weighted by Gasteiger charge is -2.21. The Morgan fingerprint density at radius 1 is 1.04 bits per heavy atom. The van der Waals surface area contributed by atoms with Crippen molar-refractivity contribution >= 4 is 28.4 Å². The molecular formula is C19H22N6O2. The summed E-state index contributed by atoms with van der Waals surface area (Å²) in [5.74, 6) is -0.315. The van der Waals surface area contributed by atoms with Crippen molar-refractivity contribution in [1.29, 1.82) is 0 Å². The molecular weight excluding hydrogens is 344 g/mol. The van der Waals surface area contributed by atoms with E-state index in [1.807, 2.05) is 37.3 Å². The molecule has 2 unspecified atom stereocenters. The molecule has 2 aromatic carbocycles. The Balaban J connectivity index is 1.93. The van der Waals surface area contributed by atoms with Crippen LogP contribution < -0.4 is 17.2 Å². The molecule has 8 heteroatoms. The van der Waals surface area contributed by atoms with E-state index in [0.717, 1.165) is 16.3 Å². The highest BCUT2D eigenvalue weighted by Gasteiger charge is 2.27. The third-order valence-corrected chi connectivity index (χ3v) is 4.78. The van der Waals surface area contributed by atoms with Gasteiger partial charge in [0.1, 0.15) is 11.6 Å². The molecule has 140 valence electrons. The SMILES string of the molecule is CC(CC(C[N+](=O)[O-])c1c(N)nc(N)nc1N)c1ccc2ccccc2c1. The van der Waals surface area contributed by atoms with Crippen LogP contribution in [0.1, 0.15) is 36.3 Å². The monoisotopic (exact) mass is 366 g/mol. The molecule has 3 aromatic rings. The minimum absolute atomic E-state index is 0.0452. The van der Waals surface area contributed by atoms with Crippen molar-refractivity contribution in [3.8, 4) is 0 Å². The maximum Gasteiger partial charge on any atom is 0.223 e. The van der Waals surface area contributed by atoms with E-state index < -0.39 is 5.92 Å². The second-order valence-electron chi connectivity index (χ2n) is 6.72. The largest absolute Gasteiger partial charge is 0.383 e. The predicted octanol–water partition coefficient (Wildman–Crippen LogP) is 2.93. The normalized spacial score (nSPS) is 13.4. The standard InChI is InChI=1S/C19H22N6O2/c1-11(13-7-6-12-4-2-3-5-14(12)9-13)8-15(10-25(26)27)16-17(20)23-19(22)24-18(16)21/h2-7,9,11,15H,8,10H2,1H3,(H6,20,21,22,23,24). The maximum absolute atomic E-state index is 11.2. The van der Waals surface area contributed by atoms with Crippen molar-refractivity contribution in [3.63, 3.8) is 0 Å². The zero-order chi connectivity index (χ0) is 19.6. The Hall–Kier alpha value is -3.42. The lowest BCUT2D eigenvalue weighted by atomic mass is 9.85. The molecule has 3 rings (SSSR count). The van der Waals surface area contributed by atoms with Gasteiger partial charge in [0.05, 0.1) is 5.92 Å². The molecule has 0 spiro atoms. The summed E-state index contributed by atoms with van der Waals surface area (Å²) in [5, 5.41) is 13.5. The molecule has 0 bridgehead atoms. The van der Waals surface area contributed by atoms with Crippen molar-refractivity contribution in [1.82, 2.24) is 9.97 Å². The van der Waals surface area contributed by atoms with Crippen molar-refractivity contribution in [2.75, 3.05) is 23.7 Å². The molecule has 6 N–H and O–H groups in total. The Kier molecular flexibility index (Phi) is 5.07. The van der Waals surface area contributed by atoms with Gasteiger partial charge in [-0.3, -0.25) is 10.1 Å². The second-order valence-corrected chi connectivity index (χ2v) is 6.72. The van der Waals surface area contributed by atoms with Crippen molar-refractivity contribution in [2.24, 2.45) is 0 Å². The number of nitro groups is 1. The highest BCUT2D eigenvalue weighted by Crippen LogP contribution is 2.35. The van der Waals surface area contributed by atoms with Crippen molar-refractivity contribution in [3.05, 3.63) is 63.7 Å². The highest BCUT2D eigenvalue weighted by molar-refractivity contribution is 5.83. The molecule has 27 heavy (non-hydrogen) atoms. The molecule has 1 aromatic heterocycles. The first-order valence-electron chi connectivity index (χ1n) is 8.64. The van der Waals surface area contributed by atoms with Gasteiger partial charge < -0.3 is 17.2 Å². The van der Waals surface area contributed by atoms with E-state index in [2.05, 4.69) is 22.1 Å². The van der Waals surface area contributed by atoms with E-state index in [9.17, 15) is 10.1 Å². The zero-order valence-electron chi connectivity index (χ0n) is 15.0. The summed E-state index contributed by atoms with van der Waals surface area (Å²) in [5.41, 5.74) is 19.0. The maximum atomic E-state index is 11.2. The first-order chi connectivity index (χ1) is 12.8. The Bertz CT molecular complexity index is 968. The average Bonchev–Trinajstić information content (AvgIpc) is 2.59. The lowest BCUT2D eigenvalue weighted by molar-refractivity contribution is -0.483. The zero-order valence-corrected chi connectivity index (χ0v) is 15.0. The Labute approximate surface area is 156 Å². The third kappa shape index (κ3) is 4.05. The summed E-state index contributed by atoms with van der Waals surface area (Å²) in [4.78, 5) is 18.7. The first-order valence-corrected chi connectivity index (χ1v) is 8.64. The van der Waals surface area contributed by atoms with Crippen LogP contribution in [0.5, 0.6) is 0 Å². The number of nitrogens with zero attached hydrogens (tertiary/aromatic N) is 3. The van der Waals surface area contributed by atoms with E-state index in [-0.39, 0.29) is 35.0 Å². The first kappa shape index (κ1) is 18.4. The number of rotatable bonds is 6. The van der Waals surface area contributed by atoms with Crippen LogP contribution in [-0.2, 0) is 0 Å². The fourth-order valence-corrected chi connectivity index (χ4v) is 3.48. The number of nitrogen functional groups attached to an aromatic ring is 3. The molecule has 2 atom stereocenters. The molecule has 0 fully saturated rings. The van der Waals surface area contributed by atoms with Crippen LogP contribution in [0.25, 0.3) is 10.8 Å². The van der Waals surface area contributed by atoms with Crippen LogP contribution in [0.15, 0.2) is 42.5 Å². The van der Waals surface area contributed by atoms with Gasteiger partial charge in [0, 0.05) is 10.5 Å². The molecule has 1 heterocycles. The fourth-order valence-electron chi connectivity index (χ4n) is 3.48. The van der Waals surface area contributed by atoms with Crippen LogP contribution in [0, 0.1) is 10.1 Å². The van der Waals surface area contributed by atoms with Crippen LogP contribution in [0.2, 0.25) is 0 Å². The third-order valence-electron chi connectivity index (χ3n) is 4.78. The number of hydrogen-bond donors (Lipinski definition) is 3. The minimum atomic E-state index is -0.512. The van der Waals surface area contributed by atoms with Crippen molar-refractivity contribution < 1.29 is 4.92 Å². The summed E-state index contributed by atoms with van der Waals surface area (Å²) >= 11 is 0. The van der Waals surface area contributed by atoms with Crippen molar-refractivity contribution in [2.45, 2.75) is 25.2 Å². The Morgan fingerprint density at radius 3 is 2.30 bits per heavy atom. The van der Waals surface area contributed by atoms with Crippen LogP contribution in [0.3, 0.4) is 0 Å². The smallest absolute Gasteiger partial charge is 0.223 e. The average molecular weight is 366 g/mol. The van der Waals surface area contributed by atoms with Gasteiger partial charge in [-0.2, -0.15) is 9.97 Å². The number of fused-ring (bicyclic) bond motifs is 1. The molecule has 0 aliphatic rings. The predicted molar refractivity (Wildman–Crippen MR) is 107 cm³/mol. The molecule has 0 amide bonds. The van der Waals surface area contributed by atoms with Gasteiger partial charge in [0.15, 0.2) is 0 Å². The van der Waals surface area contributed by atoms with Gasteiger partial charge in [0.2, 0.25) is 12.5 Å². The van der Waals surface area contributed by atoms with Gasteiger partial charge in [-0.1, -0.05) is 49.4 Å². The van der Waals surface area contributed by atoms with E-state index in [1.54, 1.807) is 0 Å². The van der Waals surface area contributed by atoms with Gasteiger partial charge >= 0.3 is 0 Å². The molecule has 0 aliphatic carbocycles. The van der Waals surface area contributed by atoms with Crippen LogP contribution in [-0.4, -0.2) is 21.4 Å². The second kappa shape index (κ2) is 7.45. The van der Waals surface area contributed by atoms with Gasteiger partial charge in [-0.15, -0.1) is 0 Å². The van der Waals surface area contributed by atoms with E-state index >= 15 is 0 Å². The molecule has 0 radical (unpaired) electrons. The van der Waals surface area contributed by atoms with Crippen LogP contribution >= 0.6 is 0 Å². The highest BCUT2D eigenvalue weighted by atomic mass is 16.6. The number of benzene rings is 2. The molecule has 8 nitrogen and oxygen atoms in total. The van der Waals surface area contributed by atoms with E-state index in [0.29, 0.717) is 12.0 Å². The quantitative estimate of drug-likeness (QED) is 0.449. The number of nitrogens with two attached hydrogens (primary N) is 3. The summed E-state index contributed by atoms with van der Waals surface area (Å²) < 4.78 is 0. The molecule has 0 saturated heterocycles. The summed E-state index contributed by atoms with van der Waals surface area (Å²) in [7, 11) is 0. The fraction of sp³-hybridized carbons (Fsp3) is 0.263. The minimum Gasteiger partial charge on any atom is -0.383 e. The van der Waals surface area contributed by atoms with E-state index in [1.165, 1.54) is 0 Å². The molecule has 0 saturated carbocycles. The molecule has 0 aliphatic heterocycles. The summed E-state index contributed by atoms with van der Waals surface area (Å²) in [6, 6.07) is 14.3. The number of hydrogen-bond acceptors (Lipinski definition) is 7. The number of anilines is 3.